The molecule has 168 valence electrons. The van der Waals surface area contributed by atoms with Gasteiger partial charge in [-0.1, -0.05) is 0 Å². The molecule has 5 heterocycles. The Bertz CT molecular complexity index is 1060. The third-order valence-electron chi connectivity index (χ3n) is 7.10. The van der Waals surface area contributed by atoms with Crippen LogP contribution in [0.4, 0.5) is 4.79 Å². The number of aromatic nitrogens is 2. The summed E-state index contributed by atoms with van der Waals surface area (Å²) < 4.78 is 34.0. The number of nitrogens with one attached hydrogen (secondary N) is 1. The van der Waals surface area contributed by atoms with Gasteiger partial charge in [0.15, 0.2) is 0 Å². The van der Waals surface area contributed by atoms with Crippen LogP contribution < -0.4 is 0 Å². The predicted octanol–water partition coefficient (Wildman–Crippen LogP) is 2.37. The lowest BCUT2D eigenvalue weighted by Gasteiger charge is -2.48. The molecule has 3 saturated heterocycles. The predicted molar refractivity (Wildman–Crippen MR) is 114 cm³/mol. The van der Waals surface area contributed by atoms with Gasteiger partial charge >= 0.3 is 6.09 Å². The second kappa shape index (κ2) is 8.07. The molecule has 9 nitrogen and oxygen atoms in total. The topological polar surface area (TPSA) is 116 Å². The molecule has 31 heavy (non-hydrogen) atoms. The molecule has 1 amide bonds. The number of aromatic amines is 1. The van der Waals surface area contributed by atoms with Crippen LogP contribution >= 0.6 is 0 Å². The summed E-state index contributed by atoms with van der Waals surface area (Å²) >= 11 is 0. The highest BCUT2D eigenvalue weighted by Gasteiger charge is 2.52. The summed E-state index contributed by atoms with van der Waals surface area (Å²) in [7, 11) is -3.56. The number of piperidine rings is 1. The van der Waals surface area contributed by atoms with Crippen molar-refractivity contribution in [2.24, 2.45) is 0 Å². The Morgan fingerprint density at radius 2 is 2.10 bits per heavy atom. The van der Waals surface area contributed by atoms with Crippen molar-refractivity contribution < 1.29 is 23.1 Å². The van der Waals surface area contributed by atoms with Crippen LogP contribution in [0, 0.1) is 0 Å². The van der Waals surface area contributed by atoms with Crippen LogP contribution in [0.5, 0.6) is 0 Å². The molecule has 2 aromatic rings. The molecule has 0 radical (unpaired) electrons. The average Bonchev–Trinajstić information content (AvgIpc) is 3.41. The number of ether oxygens (including phenoxy) is 1. The Hall–Kier alpha value is -2.17. The van der Waals surface area contributed by atoms with Crippen LogP contribution in [0.15, 0.2) is 24.5 Å². The SMILES string of the molecule is O=C(O)N1CC(S(=O)(=O)N2CCC(c3c[nH]c4ncccc34)CC2)C1CC1CCCO1. The number of hydrogen-bond donors (Lipinski definition) is 2. The zero-order valence-corrected chi connectivity index (χ0v) is 18.1. The van der Waals surface area contributed by atoms with E-state index in [0.717, 1.165) is 36.7 Å². The van der Waals surface area contributed by atoms with Crippen molar-refractivity contribution in [2.75, 3.05) is 26.2 Å². The molecule has 2 N–H and O–H groups in total. The van der Waals surface area contributed by atoms with E-state index in [4.69, 9.17) is 4.74 Å². The van der Waals surface area contributed by atoms with Crippen LogP contribution in [0.2, 0.25) is 0 Å². The minimum Gasteiger partial charge on any atom is -0.465 e. The number of rotatable bonds is 5. The lowest BCUT2D eigenvalue weighted by atomic mass is 9.90. The van der Waals surface area contributed by atoms with E-state index >= 15 is 0 Å². The van der Waals surface area contributed by atoms with E-state index in [2.05, 4.69) is 9.97 Å². The third-order valence-corrected chi connectivity index (χ3v) is 9.41. The van der Waals surface area contributed by atoms with E-state index in [1.807, 2.05) is 18.3 Å². The summed E-state index contributed by atoms with van der Waals surface area (Å²) in [6, 6.07) is 3.43. The monoisotopic (exact) mass is 448 g/mol. The van der Waals surface area contributed by atoms with E-state index in [1.165, 1.54) is 10.5 Å². The first kappa shape index (κ1) is 20.7. The number of nitrogens with zero attached hydrogens (tertiary/aromatic N) is 3. The van der Waals surface area contributed by atoms with Gasteiger partial charge in [-0.05, 0) is 55.7 Å². The maximum atomic E-state index is 13.4. The first-order chi connectivity index (χ1) is 14.9. The van der Waals surface area contributed by atoms with Crippen molar-refractivity contribution in [1.82, 2.24) is 19.2 Å². The second-order valence-electron chi connectivity index (χ2n) is 8.77. The molecule has 0 aliphatic carbocycles. The van der Waals surface area contributed by atoms with E-state index in [0.29, 0.717) is 26.1 Å². The number of likely N-dealkylation sites (tertiary alicyclic amines) is 1. The summed E-state index contributed by atoms with van der Waals surface area (Å²) in [6.45, 7) is 1.62. The highest BCUT2D eigenvalue weighted by molar-refractivity contribution is 7.89. The Morgan fingerprint density at radius 3 is 2.81 bits per heavy atom. The number of sulfonamides is 1. The van der Waals surface area contributed by atoms with Gasteiger partial charge in [0.05, 0.1) is 12.1 Å². The fraction of sp³-hybridized carbons (Fsp3) is 0.619. The van der Waals surface area contributed by atoms with Crippen molar-refractivity contribution in [3.8, 4) is 0 Å². The van der Waals surface area contributed by atoms with E-state index < -0.39 is 27.4 Å². The molecule has 3 aliphatic heterocycles. The standard InChI is InChI=1S/C21H28N4O5S/c26-21(27)25-13-19(18(25)11-15-3-2-10-30-15)31(28,29)24-8-5-14(6-9-24)17-12-23-20-16(17)4-1-7-22-20/h1,4,7,12,14-15,18-19H,2-3,5-6,8-11,13H2,(H,22,23)(H,26,27). The Morgan fingerprint density at radius 1 is 1.29 bits per heavy atom. The minimum atomic E-state index is -3.56. The third kappa shape index (κ3) is 3.70. The lowest BCUT2D eigenvalue weighted by Crippen LogP contribution is -2.67. The highest BCUT2D eigenvalue weighted by atomic mass is 32.2. The number of carbonyl (C=O) groups is 1. The summed E-state index contributed by atoms with van der Waals surface area (Å²) in [6.07, 6.45) is 6.38. The molecule has 5 rings (SSSR count). The maximum absolute atomic E-state index is 13.4. The number of fused-ring (bicyclic) bond motifs is 1. The van der Waals surface area contributed by atoms with Crippen molar-refractivity contribution in [1.29, 1.82) is 0 Å². The van der Waals surface area contributed by atoms with Gasteiger partial charge in [0, 0.05) is 44.0 Å². The zero-order chi connectivity index (χ0) is 21.6. The van der Waals surface area contributed by atoms with Gasteiger partial charge in [-0.2, -0.15) is 0 Å². The summed E-state index contributed by atoms with van der Waals surface area (Å²) in [4.78, 5) is 20.4. The zero-order valence-electron chi connectivity index (χ0n) is 17.3. The molecule has 3 unspecified atom stereocenters. The molecule has 3 aliphatic rings. The van der Waals surface area contributed by atoms with Crippen LogP contribution in [-0.2, 0) is 14.8 Å². The normalized spacial score (nSPS) is 28.1. The first-order valence-electron chi connectivity index (χ1n) is 11.0. The number of amides is 1. The second-order valence-corrected chi connectivity index (χ2v) is 10.9. The number of carboxylic acid groups (broad SMARTS) is 1. The molecule has 10 heteroatoms. The summed E-state index contributed by atoms with van der Waals surface area (Å²) in [5.74, 6) is 0.281. The van der Waals surface area contributed by atoms with E-state index in [1.54, 1.807) is 10.5 Å². The van der Waals surface area contributed by atoms with Crippen molar-refractivity contribution >= 4 is 27.1 Å². The van der Waals surface area contributed by atoms with Gasteiger partial charge in [-0.3, -0.25) is 0 Å². The smallest absolute Gasteiger partial charge is 0.407 e. The van der Waals surface area contributed by atoms with Gasteiger partial charge in [0.25, 0.3) is 0 Å². The summed E-state index contributed by atoms with van der Waals surface area (Å²) in [5.41, 5.74) is 2.05. The average molecular weight is 449 g/mol. The molecular weight excluding hydrogens is 420 g/mol. The number of H-pyrrole nitrogens is 1. The molecule has 2 aromatic heterocycles. The minimum absolute atomic E-state index is 0.0447. The van der Waals surface area contributed by atoms with Crippen LogP contribution in [0.25, 0.3) is 11.0 Å². The fourth-order valence-corrected chi connectivity index (χ4v) is 7.44. The molecule has 3 fully saturated rings. The molecular formula is C21H28N4O5S. The van der Waals surface area contributed by atoms with Crippen LogP contribution in [0.1, 0.15) is 43.6 Å². The van der Waals surface area contributed by atoms with E-state index in [9.17, 15) is 18.3 Å². The van der Waals surface area contributed by atoms with Gasteiger partial charge in [0.2, 0.25) is 10.0 Å². The Kier molecular flexibility index (Phi) is 5.39. The maximum Gasteiger partial charge on any atom is 0.407 e. The number of hydrogen-bond acceptors (Lipinski definition) is 5. The fourth-order valence-electron chi connectivity index (χ4n) is 5.33. The van der Waals surface area contributed by atoms with Crippen LogP contribution in [-0.4, -0.2) is 82.4 Å². The molecule has 3 atom stereocenters. The van der Waals surface area contributed by atoms with Crippen molar-refractivity contribution in [2.45, 2.75) is 55.4 Å². The Balaban J connectivity index is 1.27. The number of pyridine rings is 1. The summed E-state index contributed by atoms with van der Waals surface area (Å²) in [5, 5.41) is 9.88. The van der Waals surface area contributed by atoms with Gasteiger partial charge in [-0.25, -0.2) is 22.5 Å². The molecule has 0 aromatic carbocycles. The largest absolute Gasteiger partial charge is 0.465 e. The first-order valence-corrected chi connectivity index (χ1v) is 12.5. The lowest BCUT2D eigenvalue weighted by molar-refractivity contribution is 0.0310. The van der Waals surface area contributed by atoms with Gasteiger partial charge < -0.3 is 19.7 Å². The van der Waals surface area contributed by atoms with Crippen LogP contribution in [0.3, 0.4) is 0 Å². The van der Waals surface area contributed by atoms with Gasteiger partial charge in [-0.15, -0.1) is 0 Å². The van der Waals surface area contributed by atoms with E-state index in [-0.39, 0.29) is 18.6 Å². The molecule has 0 spiro atoms. The molecule has 0 bridgehead atoms. The Labute approximate surface area is 181 Å². The van der Waals surface area contributed by atoms with Gasteiger partial charge in [0.1, 0.15) is 10.9 Å². The quantitative estimate of drug-likeness (QED) is 0.726. The molecule has 0 saturated carbocycles. The van der Waals surface area contributed by atoms with Crippen molar-refractivity contribution in [3.05, 3.63) is 30.1 Å². The van der Waals surface area contributed by atoms with Crippen molar-refractivity contribution in [3.63, 3.8) is 0 Å². The highest BCUT2D eigenvalue weighted by Crippen LogP contribution is 2.37.